The average Bonchev–Trinajstić information content (AvgIpc) is 3.44. The van der Waals surface area contributed by atoms with Crippen molar-refractivity contribution >= 4 is 28.6 Å². The number of benzene rings is 1. The van der Waals surface area contributed by atoms with Crippen LogP contribution in [-0.4, -0.2) is 29.0 Å². The SMILES string of the molecule is CNC(=O)c1cccc(NC(=O)c2cc(C3CC3)nc3onc(C)c23)c1. The van der Waals surface area contributed by atoms with Gasteiger partial charge in [0, 0.05) is 29.9 Å². The van der Waals surface area contributed by atoms with Crippen molar-refractivity contribution in [2.24, 2.45) is 0 Å². The fraction of sp³-hybridized carbons (Fsp3) is 0.263. The summed E-state index contributed by atoms with van der Waals surface area (Å²) in [6.45, 7) is 1.79. The number of carbonyl (C=O) groups excluding carboxylic acids is 2. The summed E-state index contributed by atoms with van der Waals surface area (Å²) in [6.07, 6.45) is 2.14. The summed E-state index contributed by atoms with van der Waals surface area (Å²) in [4.78, 5) is 29.2. The van der Waals surface area contributed by atoms with Gasteiger partial charge in [-0.3, -0.25) is 9.59 Å². The molecular weight excluding hydrogens is 332 g/mol. The lowest BCUT2D eigenvalue weighted by Gasteiger charge is -2.09. The molecule has 0 bridgehead atoms. The molecule has 7 heteroatoms. The van der Waals surface area contributed by atoms with Gasteiger partial charge < -0.3 is 15.2 Å². The Morgan fingerprint density at radius 1 is 1.19 bits per heavy atom. The first-order chi connectivity index (χ1) is 12.6. The van der Waals surface area contributed by atoms with Gasteiger partial charge >= 0.3 is 0 Å². The van der Waals surface area contributed by atoms with Crippen LogP contribution in [0.25, 0.3) is 11.1 Å². The van der Waals surface area contributed by atoms with Crippen LogP contribution in [0.4, 0.5) is 5.69 Å². The minimum absolute atomic E-state index is 0.210. The second-order valence-corrected chi connectivity index (χ2v) is 6.43. The molecule has 1 saturated carbocycles. The van der Waals surface area contributed by atoms with Crippen molar-refractivity contribution in [3.05, 3.63) is 52.8 Å². The summed E-state index contributed by atoms with van der Waals surface area (Å²) in [5, 5.41) is 9.99. The molecule has 132 valence electrons. The van der Waals surface area contributed by atoms with E-state index in [1.54, 1.807) is 38.2 Å². The molecule has 0 radical (unpaired) electrons. The van der Waals surface area contributed by atoms with Crippen molar-refractivity contribution in [1.29, 1.82) is 0 Å². The van der Waals surface area contributed by atoms with Crippen LogP contribution in [-0.2, 0) is 0 Å². The quantitative estimate of drug-likeness (QED) is 0.754. The molecule has 1 aliphatic carbocycles. The highest BCUT2D eigenvalue weighted by Gasteiger charge is 2.28. The van der Waals surface area contributed by atoms with Gasteiger partial charge in [0.05, 0.1) is 16.6 Å². The zero-order valence-corrected chi connectivity index (χ0v) is 14.5. The van der Waals surface area contributed by atoms with Crippen LogP contribution in [0.2, 0.25) is 0 Å². The second-order valence-electron chi connectivity index (χ2n) is 6.43. The minimum Gasteiger partial charge on any atom is -0.355 e. The van der Waals surface area contributed by atoms with E-state index in [9.17, 15) is 9.59 Å². The number of rotatable bonds is 4. The number of nitrogens with one attached hydrogen (secondary N) is 2. The maximum atomic E-state index is 12.9. The van der Waals surface area contributed by atoms with Gasteiger partial charge in [-0.2, -0.15) is 0 Å². The molecule has 0 spiro atoms. The highest BCUT2D eigenvalue weighted by atomic mass is 16.5. The Labute approximate surface area is 149 Å². The first kappa shape index (κ1) is 16.3. The van der Waals surface area contributed by atoms with Gasteiger partial charge in [-0.15, -0.1) is 0 Å². The normalized spacial score (nSPS) is 13.6. The summed E-state index contributed by atoms with van der Waals surface area (Å²) < 4.78 is 5.28. The number of hydrogen-bond acceptors (Lipinski definition) is 5. The molecule has 1 aliphatic rings. The Bertz CT molecular complexity index is 1020. The number of amides is 2. The first-order valence-corrected chi connectivity index (χ1v) is 8.47. The zero-order chi connectivity index (χ0) is 18.3. The van der Waals surface area contributed by atoms with E-state index in [1.807, 2.05) is 6.07 Å². The van der Waals surface area contributed by atoms with Crippen LogP contribution in [0.1, 0.15) is 50.9 Å². The number of nitrogens with zero attached hydrogens (tertiary/aromatic N) is 2. The Hall–Kier alpha value is -3.22. The monoisotopic (exact) mass is 350 g/mol. The molecule has 4 rings (SSSR count). The summed E-state index contributed by atoms with van der Waals surface area (Å²) in [5.74, 6) is -0.106. The summed E-state index contributed by atoms with van der Waals surface area (Å²) in [5.41, 5.74) is 3.38. The fourth-order valence-electron chi connectivity index (χ4n) is 2.96. The van der Waals surface area contributed by atoms with Crippen molar-refractivity contribution in [3.8, 4) is 0 Å². The molecule has 3 aromatic rings. The molecule has 2 N–H and O–H groups in total. The molecule has 1 aromatic carbocycles. The van der Waals surface area contributed by atoms with Crippen LogP contribution < -0.4 is 10.6 Å². The van der Waals surface area contributed by atoms with E-state index in [4.69, 9.17) is 4.52 Å². The maximum absolute atomic E-state index is 12.9. The average molecular weight is 350 g/mol. The van der Waals surface area contributed by atoms with Crippen molar-refractivity contribution in [1.82, 2.24) is 15.5 Å². The molecule has 0 atom stereocenters. The lowest BCUT2D eigenvalue weighted by atomic mass is 10.1. The van der Waals surface area contributed by atoms with Crippen molar-refractivity contribution < 1.29 is 14.1 Å². The Morgan fingerprint density at radius 2 is 2.00 bits per heavy atom. The van der Waals surface area contributed by atoms with Gasteiger partial charge in [-0.1, -0.05) is 11.2 Å². The van der Waals surface area contributed by atoms with Gasteiger partial charge in [-0.25, -0.2) is 4.98 Å². The predicted octanol–water partition coefficient (Wildman–Crippen LogP) is 3.02. The standard InChI is InChI=1S/C19H18N4O3/c1-10-16-14(9-15(11-6-7-11)22-19(16)26-23-10)18(25)21-13-5-3-4-12(8-13)17(24)20-2/h3-5,8-9,11H,6-7H2,1-2H3,(H,20,24)(H,21,25). The smallest absolute Gasteiger partial charge is 0.259 e. The Kier molecular flexibility index (Phi) is 3.91. The van der Waals surface area contributed by atoms with Crippen LogP contribution in [0.3, 0.4) is 0 Å². The van der Waals surface area contributed by atoms with Gasteiger partial charge in [-0.05, 0) is 44.0 Å². The largest absolute Gasteiger partial charge is 0.355 e. The van der Waals surface area contributed by atoms with Gasteiger partial charge in [0.1, 0.15) is 0 Å². The lowest BCUT2D eigenvalue weighted by molar-refractivity contribution is 0.0961. The molecule has 1 fully saturated rings. The first-order valence-electron chi connectivity index (χ1n) is 8.47. The van der Waals surface area contributed by atoms with E-state index in [2.05, 4.69) is 20.8 Å². The fourth-order valence-corrected chi connectivity index (χ4v) is 2.96. The molecule has 0 aliphatic heterocycles. The zero-order valence-electron chi connectivity index (χ0n) is 14.5. The summed E-state index contributed by atoms with van der Waals surface area (Å²) in [6, 6.07) is 8.61. The van der Waals surface area contributed by atoms with E-state index in [0.717, 1.165) is 18.5 Å². The Morgan fingerprint density at radius 3 is 2.73 bits per heavy atom. The van der Waals surface area contributed by atoms with E-state index >= 15 is 0 Å². The Balaban J connectivity index is 1.70. The predicted molar refractivity (Wildman–Crippen MR) is 96.3 cm³/mol. The summed E-state index contributed by atoms with van der Waals surface area (Å²) in [7, 11) is 1.56. The molecule has 0 saturated heterocycles. The maximum Gasteiger partial charge on any atom is 0.259 e. The van der Waals surface area contributed by atoms with Gasteiger partial charge in [0.2, 0.25) is 0 Å². The number of fused-ring (bicyclic) bond motifs is 1. The van der Waals surface area contributed by atoms with Crippen LogP contribution in [0.15, 0.2) is 34.9 Å². The number of anilines is 1. The number of carbonyl (C=O) groups is 2. The number of hydrogen-bond donors (Lipinski definition) is 2. The van der Waals surface area contributed by atoms with E-state index in [0.29, 0.717) is 39.5 Å². The highest BCUT2D eigenvalue weighted by Crippen LogP contribution is 2.40. The van der Waals surface area contributed by atoms with Gasteiger partial charge in [0.25, 0.3) is 17.5 Å². The van der Waals surface area contributed by atoms with Gasteiger partial charge in [0.15, 0.2) is 0 Å². The second kappa shape index (κ2) is 6.25. The summed E-state index contributed by atoms with van der Waals surface area (Å²) >= 11 is 0. The van der Waals surface area contributed by atoms with Crippen LogP contribution in [0.5, 0.6) is 0 Å². The van der Waals surface area contributed by atoms with Crippen LogP contribution in [0, 0.1) is 6.92 Å². The number of pyridine rings is 1. The van der Waals surface area contributed by atoms with E-state index in [-0.39, 0.29) is 11.8 Å². The van der Waals surface area contributed by atoms with Crippen molar-refractivity contribution in [2.75, 3.05) is 12.4 Å². The third kappa shape index (κ3) is 2.92. The minimum atomic E-state index is -0.278. The van der Waals surface area contributed by atoms with Crippen molar-refractivity contribution in [3.63, 3.8) is 0 Å². The molecule has 26 heavy (non-hydrogen) atoms. The third-order valence-corrected chi connectivity index (χ3v) is 4.49. The number of aromatic nitrogens is 2. The topological polar surface area (TPSA) is 97.1 Å². The van der Waals surface area contributed by atoms with Crippen molar-refractivity contribution in [2.45, 2.75) is 25.7 Å². The molecule has 0 unspecified atom stereocenters. The molecule has 7 nitrogen and oxygen atoms in total. The number of aryl methyl sites for hydroxylation is 1. The van der Waals surface area contributed by atoms with Crippen LogP contribution >= 0.6 is 0 Å². The van der Waals surface area contributed by atoms with E-state index in [1.165, 1.54) is 0 Å². The van der Waals surface area contributed by atoms with E-state index < -0.39 is 0 Å². The molecule has 2 heterocycles. The molecular formula is C19H18N4O3. The lowest BCUT2D eigenvalue weighted by Crippen LogP contribution is -2.18. The third-order valence-electron chi connectivity index (χ3n) is 4.49. The highest BCUT2D eigenvalue weighted by molar-refractivity contribution is 6.12. The molecule has 2 amide bonds. The molecule has 2 aromatic heterocycles.